The van der Waals surface area contributed by atoms with E-state index in [2.05, 4.69) is 5.32 Å². The molecule has 0 saturated heterocycles. The first-order valence-corrected chi connectivity index (χ1v) is 11.8. The first kappa shape index (κ1) is 26.4. The average molecular weight is 515 g/mol. The molecular formula is C27H28Cl2N2O4. The van der Waals surface area contributed by atoms with Gasteiger partial charge in [0.1, 0.15) is 6.04 Å². The first-order valence-electron chi connectivity index (χ1n) is 11.1. The second kappa shape index (κ2) is 12.5. The molecule has 0 spiro atoms. The predicted molar refractivity (Wildman–Crippen MR) is 138 cm³/mol. The monoisotopic (exact) mass is 514 g/mol. The maximum absolute atomic E-state index is 13.4. The first-order chi connectivity index (χ1) is 16.8. The number of carbonyl (C=O) groups excluding carboxylic acids is 2. The van der Waals surface area contributed by atoms with Crippen LogP contribution in [0.5, 0.6) is 11.5 Å². The van der Waals surface area contributed by atoms with Gasteiger partial charge in [-0.3, -0.25) is 9.59 Å². The Hall–Kier alpha value is -3.22. The van der Waals surface area contributed by atoms with E-state index in [1.165, 1.54) is 0 Å². The molecular weight excluding hydrogens is 487 g/mol. The topological polar surface area (TPSA) is 67.9 Å². The van der Waals surface area contributed by atoms with Crippen molar-refractivity contribution in [1.82, 2.24) is 10.2 Å². The van der Waals surface area contributed by atoms with E-state index in [1.54, 1.807) is 56.4 Å². The maximum Gasteiger partial charge on any atom is 0.242 e. The van der Waals surface area contributed by atoms with Crippen LogP contribution in [0.2, 0.25) is 10.0 Å². The van der Waals surface area contributed by atoms with Crippen LogP contribution in [0.25, 0.3) is 0 Å². The molecule has 8 heteroatoms. The van der Waals surface area contributed by atoms with Crippen LogP contribution < -0.4 is 14.8 Å². The van der Waals surface area contributed by atoms with Gasteiger partial charge < -0.3 is 19.7 Å². The second-order valence-corrected chi connectivity index (χ2v) is 8.84. The van der Waals surface area contributed by atoms with E-state index >= 15 is 0 Å². The lowest BCUT2D eigenvalue weighted by molar-refractivity contribution is -0.140. The van der Waals surface area contributed by atoms with Crippen LogP contribution in [0.3, 0.4) is 0 Å². The third kappa shape index (κ3) is 7.13. The zero-order valence-electron chi connectivity index (χ0n) is 19.9. The molecule has 2 amide bonds. The molecule has 184 valence electrons. The molecule has 0 fully saturated rings. The Morgan fingerprint density at radius 2 is 1.57 bits per heavy atom. The van der Waals surface area contributed by atoms with Gasteiger partial charge in [-0.15, -0.1) is 0 Å². The molecule has 35 heavy (non-hydrogen) atoms. The zero-order valence-corrected chi connectivity index (χ0v) is 21.4. The molecule has 3 aromatic carbocycles. The molecule has 6 nitrogen and oxygen atoms in total. The van der Waals surface area contributed by atoms with Gasteiger partial charge >= 0.3 is 0 Å². The molecule has 0 aliphatic carbocycles. The summed E-state index contributed by atoms with van der Waals surface area (Å²) in [6, 6.07) is 19.1. The number of carbonyl (C=O) groups is 2. The largest absolute Gasteiger partial charge is 0.493 e. The number of nitrogens with one attached hydrogen (secondary N) is 1. The summed E-state index contributed by atoms with van der Waals surface area (Å²) in [6.45, 7) is 2.23. The van der Waals surface area contributed by atoms with Crippen molar-refractivity contribution in [2.24, 2.45) is 0 Å². The van der Waals surface area contributed by atoms with Crippen molar-refractivity contribution < 1.29 is 19.1 Å². The van der Waals surface area contributed by atoms with Crippen LogP contribution >= 0.6 is 23.2 Å². The highest BCUT2D eigenvalue weighted by Crippen LogP contribution is 2.28. The van der Waals surface area contributed by atoms with Crippen LogP contribution in [0, 0.1) is 0 Å². The van der Waals surface area contributed by atoms with E-state index in [4.69, 9.17) is 32.7 Å². The van der Waals surface area contributed by atoms with Crippen molar-refractivity contribution in [2.75, 3.05) is 14.2 Å². The molecule has 0 radical (unpaired) electrons. The fourth-order valence-corrected chi connectivity index (χ4v) is 3.94. The number of ether oxygens (including phenoxy) is 2. The van der Waals surface area contributed by atoms with Crippen molar-refractivity contribution in [3.05, 3.63) is 93.5 Å². The average Bonchev–Trinajstić information content (AvgIpc) is 2.87. The third-order valence-corrected chi connectivity index (χ3v) is 6.27. The lowest BCUT2D eigenvalue weighted by atomic mass is 10.1. The summed E-state index contributed by atoms with van der Waals surface area (Å²) in [5, 5.41) is 4.06. The van der Waals surface area contributed by atoms with Crippen molar-refractivity contribution in [3.8, 4) is 11.5 Å². The molecule has 3 rings (SSSR count). The standard InChI is InChI=1S/C27H28Cl2N2O4/c1-18(27(33)30-16-21-6-4-5-7-23(21)29)31(17-19-8-11-22(28)12-9-19)26(32)15-20-10-13-24(34-2)25(14-20)35-3/h4-14,18H,15-17H2,1-3H3,(H,30,33)/t18-/m1/s1. The van der Waals surface area contributed by atoms with E-state index in [0.29, 0.717) is 21.5 Å². The molecule has 3 aromatic rings. The van der Waals surface area contributed by atoms with E-state index in [1.807, 2.05) is 36.4 Å². The van der Waals surface area contributed by atoms with Gasteiger partial charge in [0.25, 0.3) is 0 Å². The van der Waals surface area contributed by atoms with Crippen molar-refractivity contribution in [3.63, 3.8) is 0 Å². The molecule has 1 N–H and O–H groups in total. The molecule has 0 aliphatic heterocycles. The summed E-state index contributed by atoms with van der Waals surface area (Å²) in [6.07, 6.45) is 0.0933. The van der Waals surface area contributed by atoms with Crippen molar-refractivity contribution in [1.29, 1.82) is 0 Å². The molecule has 0 saturated carbocycles. The van der Waals surface area contributed by atoms with E-state index in [-0.39, 0.29) is 31.3 Å². The van der Waals surface area contributed by atoms with Gasteiger partial charge in [0, 0.05) is 23.1 Å². The fourth-order valence-electron chi connectivity index (χ4n) is 3.61. The normalized spacial score (nSPS) is 11.5. The molecule has 1 atom stereocenters. The minimum Gasteiger partial charge on any atom is -0.493 e. The summed E-state index contributed by atoms with van der Waals surface area (Å²) in [4.78, 5) is 28.0. The smallest absolute Gasteiger partial charge is 0.242 e. The highest BCUT2D eigenvalue weighted by molar-refractivity contribution is 6.31. The van der Waals surface area contributed by atoms with Crippen LogP contribution in [0.1, 0.15) is 23.6 Å². The minimum atomic E-state index is -0.721. The number of rotatable bonds is 10. The van der Waals surface area contributed by atoms with Gasteiger partial charge in [-0.25, -0.2) is 0 Å². The highest BCUT2D eigenvalue weighted by Gasteiger charge is 2.26. The van der Waals surface area contributed by atoms with Crippen molar-refractivity contribution in [2.45, 2.75) is 32.5 Å². The highest BCUT2D eigenvalue weighted by atomic mass is 35.5. The maximum atomic E-state index is 13.4. The van der Waals surface area contributed by atoms with E-state index in [0.717, 1.165) is 16.7 Å². The van der Waals surface area contributed by atoms with Gasteiger partial charge in [0.15, 0.2) is 11.5 Å². The van der Waals surface area contributed by atoms with E-state index < -0.39 is 6.04 Å². The van der Waals surface area contributed by atoms with Gasteiger partial charge in [-0.1, -0.05) is 59.6 Å². The Kier molecular flexibility index (Phi) is 9.40. The Balaban J connectivity index is 1.79. The summed E-state index contributed by atoms with van der Waals surface area (Å²) in [5.74, 6) is 0.633. The van der Waals surface area contributed by atoms with Crippen LogP contribution in [0.4, 0.5) is 0 Å². The predicted octanol–water partition coefficient (Wildman–Crippen LogP) is 5.29. The quantitative estimate of drug-likeness (QED) is 0.399. The lowest BCUT2D eigenvalue weighted by Crippen LogP contribution is -2.48. The second-order valence-electron chi connectivity index (χ2n) is 8.00. The Morgan fingerprint density at radius 1 is 0.914 bits per heavy atom. The lowest BCUT2D eigenvalue weighted by Gasteiger charge is -2.29. The van der Waals surface area contributed by atoms with Gasteiger partial charge in [-0.05, 0) is 53.9 Å². The number of hydrogen-bond donors (Lipinski definition) is 1. The molecule has 0 unspecified atom stereocenters. The molecule has 0 heterocycles. The molecule has 0 bridgehead atoms. The van der Waals surface area contributed by atoms with Crippen LogP contribution in [0.15, 0.2) is 66.7 Å². The Morgan fingerprint density at radius 3 is 2.23 bits per heavy atom. The third-order valence-electron chi connectivity index (χ3n) is 5.65. The van der Waals surface area contributed by atoms with Crippen LogP contribution in [-0.4, -0.2) is 37.0 Å². The zero-order chi connectivity index (χ0) is 25.4. The molecule has 0 aromatic heterocycles. The molecule has 0 aliphatic rings. The minimum absolute atomic E-state index is 0.0933. The number of hydrogen-bond acceptors (Lipinski definition) is 4. The summed E-state index contributed by atoms with van der Waals surface area (Å²) in [5.41, 5.74) is 2.41. The van der Waals surface area contributed by atoms with Crippen LogP contribution in [-0.2, 0) is 29.1 Å². The van der Waals surface area contributed by atoms with Gasteiger partial charge in [-0.2, -0.15) is 0 Å². The Bertz CT molecular complexity index is 1170. The number of methoxy groups -OCH3 is 2. The number of benzene rings is 3. The van der Waals surface area contributed by atoms with Gasteiger partial charge in [0.2, 0.25) is 11.8 Å². The van der Waals surface area contributed by atoms with Gasteiger partial charge in [0.05, 0.1) is 20.6 Å². The summed E-state index contributed by atoms with van der Waals surface area (Å²) >= 11 is 12.2. The number of amides is 2. The number of nitrogens with zero attached hydrogens (tertiary/aromatic N) is 1. The number of halogens is 2. The summed E-state index contributed by atoms with van der Waals surface area (Å²) < 4.78 is 10.6. The summed E-state index contributed by atoms with van der Waals surface area (Å²) in [7, 11) is 3.10. The Labute approximate surface area is 215 Å². The van der Waals surface area contributed by atoms with E-state index in [9.17, 15) is 9.59 Å². The SMILES string of the molecule is COc1ccc(CC(=O)N(Cc2ccc(Cl)cc2)[C@H](C)C(=O)NCc2ccccc2Cl)cc1OC. The van der Waals surface area contributed by atoms with Crippen molar-refractivity contribution >= 4 is 35.0 Å². The fraction of sp³-hybridized carbons (Fsp3) is 0.259.